The van der Waals surface area contributed by atoms with E-state index in [4.69, 9.17) is 4.74 Å². The van der Waals surface area contributed by atoms with Gasteiger partial charge in [0.25, 0.3) is 5.91 Å². The van der Waals surface area contributed by atoms with Crippen molar-refractivity contribution in [2.75, 3.05) is 23.3 Å². The van der Waals surface area contributed by atoms with Crippen molar-refractivity contribution in [1.29, 1.82) is 0 Å². The maximum absolute atomic E-state index is 13.5. The minimum absolute atomic E-state index is 0.149. The van der Waals surface area contributed by atoms with E-state index in [2.05, 4.69) is 27.2 Å². The molecule has 1 aromatic carbocycles. The Balaban J connectivity index is 1.29. The van der Waals surface area contributed by atoms with Crippen molar-refractivity contribution in [2.45, 2.75) is 32.7 Å². The van der Waals surface area contributed by atoms with Crippen LogP contribution in [-0.2, 0) is 4.79 Å². The van der Waals surface area contributed by atoms with Crippen molar-refractivity contribution in [3.63, 3.8) is 0 Å². The van der Waals surface area contributed by atoms with E-state index in [1.807, 2.05) is 38.1 Å². The van der Waals surface area contributed by atoms with Crippen LogP contribution in [0.1, 0.15) is 33.8 Å². The van der Waals surface area contributed by atoms with Gasteiger partial charge in [0, 0.05) is 37.1 Å². The first-order valence-corrected chi connectivity index (χ1v) is 14.1. The summed E-state index contributed by atoms with van der Waals surface area (Å²) in [5.41, 5.74) is 3.44. The summed E-state index contributed by atoms with van der Waals surface area (Å²) < 4.78 is 5.93. The molecule has 3 aromatic heterocycles. The number of carbonyl (C=O) groups is 3. The van der Waals surface area contributed by atoms with E-state index in [1.165, 1.54) is 17.4 Å². The Morgan fingerprint density at radius 1 is 1.20 bits per heavy atom. The van der Waals surface area contributed by atoms with Gasteiger partial charge in [0.05, 0.1) is 22.4 Å². The lowest BCUT2D eigenvalue weighted by Gasteiger charge is -2.32. The second-order valence-electron chi connectivity index (χ2n) is 10.1. The molecule has 11 heteroatoms. The molecule has 1 saturated heterocycles. The second kappa shape index (κ2) is 10.7. The zero-order valence-electron chi connectivity index (χ0n) is 22.6. The summed E-state index contributed by atoms with van der Waals surface area (Å²) in [6.07, 6.45) is 4.47. The molecule has 41 heavy (non-hydrogen) atoms. The first kappa shape index (κ1) is 26.5. The number of nitrogens with zero attached hydrogens (tertiary/aromatic N) is 4. The standard InChI is InChI=1S/C30H28N6O4S/c1-4-24(37)35-14-6-8-19(16-35)33-28(38)27-26-25-22(12-13-31-29(25)41-27)36(30(39)34-26)21-11-10-20(15-17(21)2)40-23-9-5-7-18(3)32-23/h4-5,7,9-13,15,19H,1,6,8,14,16H2,2-3H3,(H,33,38)(H,34,39)/t19-/m1/s1. The molecule has 1 fully saturated rings. The van der Waals surface area contributed by atoms with Gasteiger partial charge in [-0.3, -0.25) is 14.5 Å². The van der Waals surface area contributed by atoms with Crippen LogP contribution in [0.25, 0.3) is 10.2 Å². The molecule has 1 atom stereocenters. The van der Waals surface area contributed by atoms with Gasteiger partial charge >= 0.3 is 6.03 Å². The summed E-state index contributed by atoms with van der Waals surface area (Å²) in [5.74, 6) is 0.644. The van der Waals surface area contributed by atoms with E-state index >= 15 is 0 Å². The van der Waals surface area contributed by atoms with Gasteiger partial charge in [0.1, 0.15) is 15.5 Å². The highest BCUT2D eigenvalue weighted by molar-refractivity contribution is 7.21. The topological polar surface area (TPSA) is 117 Å². The third kappa shape index (κ3) is 5.00. The molecular weight excluding hydrogens is 540 g/mol. The van der Waals surface area contributed by atoms with E-state index < -0.39 is 0 Å². The Morgan fingerprint density at radius 2 is 2.05 bits per heavy atom. The van der Waals surface area contributed by atoms with Crippen LogP contribution in [0.4, 0.5) is 21.9 Å². The lowest BCUT2D eigenvalue weighted by atomic mass is 10.1. The lowest BCUT2D eigenvalue weighted by Crippen LogP contribution is -2.49. The molecule has 0 spiro atoms. The number of hydrogen-bond donors (Lipinski definition) is 2. The summed E-state index contributed by atoms with van der Waals surface area (Å²) >= 11 is 1.23. The number of piperidine rings is 1. The van der Waals surface area contributed by atoms with Gasteiger partial charge in [-0.2, -0.15) is 0 Å². The number of amides is 4. The number of likely N-dealkylation sites (tertiary alicyclic amines) is 1. The molecule has 0 radical (unpaired) electrons. The molecule has 0 saturated carbocycles. The van der Waals surface area contributed by atoms with Gasteiger partial charge in [0.2, 0.25) is 11.8 Å². The maximum Gasteiger partial charge on any atom is 0.331 e. The smallest absolute Gasteiger partial charge is 0.331 e. The normalized spacial score (nSPS) is 16.3. The zero-order valence-corrected chi connectivity index (χ0v) is 23.5. The second-order valence-corrected chi connectivity index (χ2v) is 11.0. The maximum atomic E-state index is 13.5. The van der Waals surface area contributed by atoms with Crippen molar-refractivity contribution < 1.29 is 19.1 Å². The SMILES string of the molecule is C=CC(=O)N1CCC[C@@H](NC(=O)c2sc3nccc4c3c2NC(=O)N4c2ccc(Oc3cccc(C)n3)cc2C)C1. The number of pyridine rings is 2. The van der Waals surface area contributed by atoms with Crippen molar-refractivity contribution in [2.24, 2.45) is 0 Å². The van der Waals surface area contributed by atoms with E-state index in [0.29, 0.717) is 56.9 Å². The predicted molar refractivity (Wildman–Crippen MR) is 158 cm³/mol. The zero-order chi connectivity index (χ0) is 28.7. The number of thiophene rings is 1. The molecule has 2 N–H and O–H groups in total. The van der Waals surface area contributed by atoms with Crippen molar-refractivity contribution in [3.05, 3.63) is 77.5 Å². The average Bonchev–Trinajstić information content (AvgIpc) is 3.33. The Bertz CT molecular complexity index is 1720. The molecule has 4 amide bonds. The van der Waals surface area contributed by atoms with Gasteiger partial charge in [0.15, 0.2) is 0 Å². The van der Waals surface area contributed by atoms with Gasteiger partial charge in [-0.25, -0.2) is 14.8 Å². The van der Waals surface area contributed by atoms with E-state index in [1.54, 1.807) is 34.2 Å². The van der Waals surface area contributed by atoms with E-state index in [0.717, 1.165) is 24.1 Å². The van der Waals surface area contributed by atoms with Crippen LogP contribution in [-0.4, -0.2) is 51.8 Å². The van der Waals surface area contributed by atoms with Crippen LogP contribution in [0.3, 0.4) is 0 Å². The monoisotopic (exact) mass is 568 g/mol. The van der Waals surface area contributed by atoms with Crippen LogP contribution in [0.15, 0.2) is 61.3 Å². The molecule has 0 aliphatic carbocycles. The van der Waals surface area contributed by atoms with Crippen molar-refractivity contribution in [1.82, 2.24) is 20.2 Å². The van der Waals surface area contributed by atoms with Crippen molar-refractivity contribution in [3.8, 4) is 11.6 Å². The number of ether oxygens (including phenoxy) is 1. The Kier molecular flexibility index (Phi) is 6.88. The van der Waals surface area contributed by atoms with E-state index in [-0.39, 0.29) is 23.9 Å². The molecule has 0 bridgehead atoms. The minimum atomic E-state index is -0.380. The Labute approximate surface area is 240 Å². The number of nitrogens with one attached hydrogen (secondary N) is 2. The Morgan fingerprint density at radius 3 is 2.83 bits per heavy atom. The first-order chi connectivity index (χ1) is 19.8. The third-order valence-electron chi connectivity index (χ3n) is 7.19. The van der Waals surface area contributed by atoms with Gasteiger partial charge in [-0.05, 0) is 68.7 Å². The number of aromatic nitrogens is 2. The fraction of sp³-hybridized carbons (Fsp3) is 0.233. The minimum Gasteiger partial charge on any atom is -0.439 e. The average molecular weight is 569 g/mol. The fourth-order valence-corrected chi connectivity index (χ4v) is 6.32. The summed E-state index contributed by atoms with van der Waals surface area (Å²) in [5, 5.41) is 6.70. The number of aryl methyl sites for hydroxylation is 2. The van der Waals surface area contributed by atoms with E-state index in [9.17, 15) is 14.4 Å². The first-order valence-electron chi connectivity index (χ1n) is 13.3. The largest absolute Gasteiger partial charge is 0.439 e. The summed E-state index contributed by atoms with van der Waals surface area (Å²) in [6.45, 7) is 8.42. The van der Waals surface area contributed by atoms with Crippen LogP contribution in [0.2, 0.25) is 0 Å². The lowest BCUT2D eigenvalue weighted by molar-refractivity contribution is -0.127. The van der Waals surface area contributed by atoms with Crippen molar-refractivity contribution >= 4 is 56.5 Å². The molecule has 208 valence electrons. The summed E-state index contributed by atoms with van der Waals surface area (Å²) in [7, 11) is 0. The molecule has 2 aliphatic heterocycles. The highest BCUT2D eigenvalue weighted by Crippen LogP contribution is 2.46. The number of anilines is 3. The van der Waals surface area contributed by atoms with Crippen LogP contribution in [0, 0.1) is 13.8 Å². The summed E-state index contributed by atoms with van der Waals surface area (Å²) in [6, 6.07) is 12.3. The molecular formula is C30H28N6O4S. The number of rotatable bonds is 6. The molecule has 10 nitrogen and oxygen atoms in total. The number of hydrogen-bond acceptors (Lipinski definition) is 7. The molecule has 4 aromatic rings. The van der Waals surface area contributed by atoms with Crippen LogP contribution < -0.4 is 20.3 Å². The van der Waals surface area contributed by atoms with Crippen LogP contribution in [0.5, 0.6) is 11.6 Å². The van der Waals surface area contributed by atoms with Crippen LogP contribution >= 0.6 is 11.3 Å². The number of benzene rings is 1. The summed E-state index contributed by atoms with van der Waals surface area (Å²) in [4.78, 5) is 52.2. The third-order valence-corrected chi connectivity index (χ3v) is 8.29. The Hall–Kier alpha value is -4.77. The number of carbonyl (C=O) groups excluding carboxylic acids is 3. The quantitative estimate of drug-likeness (QED) is 0.289. The molecule has 2 aliphatic rings. The highest BCUT2D eigenvalue weighted by atomic mass is 32.1. The fourth-order valence-electron chi connectivity index (χ4n) is 5.30. The highest BCUT2D eigenvalue weighted by Gasteiger charge is 2.34. The van der Waals surface area contributed by atoms with Gasteiger partial charge < -0.3 is 20.3 Å². The predicted octanol–water partition coefficient (Wildman–Crippen LogP) is 5.69. The van der Waals surface area contributed by atoms with Gasteiger partial charge in [-0.15, -0.1) is 11.3 Å². The molecule has 5 heterocycles. The molecule has 0 unspecified atom stereocenters. The number of urea groups is 1. The van der Waals surface area contributed by atoms with Gasteiger partial charge in [-0.1, -0.05) is 12.6 Å². The molecule has 6 rings (SSSR count).